The molecular weight excluding hydrogens is 202 g/mol. The molecule has 80 valence electrons. The molecule has 0 saturated heterocycles. The standard InChI is InChI=1S/C11H11N5/c12-9-7-3-1-4-8(7)15-11(16-9)10-13-5-2-6-14-10/h2,5-6H,1,3-4H2,(H2,12,15,16). The van der Waals surface area contributed by atoms with Gasteiger partial charge in [-0.25, -0.2) is 19.9 Å². The molecule has 0 bridgehead atoms. The van der Waals surface area contributed by atoms with E-state index in [2.05, 4.69) is 19.9 Å². The summed E-state index contributed by atoms with van der Waals surface area (Å²) in [7, 11) is 0. The van der Waals surface area contributed by atoms with Gasteiger partial charge in [0.2, 0.25) is 0 Å². The van der Waals surface area contributed by atoms with Crippen molar-refractivity contribution >= 4 is 5.82 Å². The van der Waals surface area contributed by atoms with Crippen molar-refractivity contribution in [3.05, 3.63) is 29.7 Å². The number of anilines is 1. The third-order valence-corrected chi connectivity index (χ3v) is 2.73. The summed E-state index contributed by atoms with van der Waals surface area (Å²) in [6, 6.07) is 1.76. The highest BCUT2D eigenvalue weighted by molar-refractivity contribution is 5.53. The molecule has 0 unspecified atom stereocenters. The number of rotatable bonds is 1. The molecule has 0 atom stereocenters. The molecule has 5 heteroatoms. The lowest BCUT2D eigenvalue weighted by atomic mass is 10.2. The summed E-state index contributed by atoms with van der Waals surface area (Å²) in [6.07, 6.45) is 6.41. The van der Waals surface area contributed by atoms with Crippen molar-refractivity contribution in [2.24, 2.45) is 0 Å². The largest absolute Gasteiger partial charge is 0.383 e. The number of nitrogen functional groups attached to an aromatic ring is 1. The van der Waals surface area contributed by atoms with E-state index in [9.17, 15) is 0 Å². The lowest BCUT2D eigenvalue weighted by molar-refractivity contribution is 0.899. The van der Waals surface area contributed by atoms with Crippen molar-refractivity contribution in [1.82, 2.24) is 19.9 Å². The zero-order valence-electron chi connectivity index (χ0n) is 8.72. The van der Waals surface area contributed by atoms with Gasteiger partial charge in [0.1, 0.15) is 5.82 Å². The van der Waals surface area contributed by atoms with Gasteiger partial charge in [0.15, 0.2) is 11.6 Å². The van der Waals surface area contributed by atoms with Gasteiger partial charge in [-0.05, 0) is 25.3 Å². The maximum atomic E-state index is 5.90. The molecule has 0 amide bonds. The first-order valence-electron chi connectivity index (χ1n) is 5.27. The highest BCUT2D eigenvalue weighted by atomic mass is 15.0. The predicted molar refractivity (Wildman–Crippen MR) is 59.5 cm³/mol. The van der Waals surface area contributed by atoms with Crippen molar-refractivity contribution in [2.75, 3.05) is 5.73 Å². The van der Waals surface area contributed by atoms with Crippen molar-refractivity contribution in [3.8, 4) is 11.6 Å². The molecule has 2 aromatic rings. The van der Waals surface area contributed by atoms with Gasteiger partial charge in [-0.1, -0.05) is 0 Å². The van der Waals surface area contributed by atoms with Crippen molar-refractivity contribution < 1.29 is 0 Å². The fourth-order valence-electron chi connectivity index (χ4n) is 1.98. The van der Waals surface area contributed by atoms with E-state index in [4.69, 9.17) is 5.73 Å². The molecule has 1 aliphatic carbocycles. The van der Waals surface area contributed by atoms with Crippen molar-refractivity contribution in [3.63, 3.8) is 0 Å². The number of hydrogen-bond donors (Lipinski definition) is 1. The second kappa shape index (κ2) is 3.52. The van der Waals surface area contributed by atoms with Gasteiger partial charge in [-0.2, -0.15) is 0 Å². The molecule has 0 spiro atoms. The van der Waals surface area contributed by atoms with Gasteiger partial charge in [0.05, 0.1) is 0 Å². The molecule has 3 rings (SSSR count). The van der Waals surface area contributed by atoms with E-state index in [1.54, 1.807) is 18.5 Å². The topological polar surface area (TPSA) is 77.6 Å². The van der Waals surface area contributed by atoms with Crippen LogP contribution in [-0.4, -0.2) is 19.9 Å². The molecule has 0 saturated carbocycles. The number of aryl methyl sites for hydroxylation is 1. The van der Waals surface area contributed by atoms with E-state index in [-0.39, 0.29) is 0 Å². The monoisotopic (exact) mass is 213 g/mol. The summed E-state index contributed by atoms with van der Waals surface area (Å²) in [5.41, 5.74) is 8.05. The summed E-state index contributed by atoms with van der Waals surface area (Å²) in [5.74, 6) is 1.63. The molecule has 0 fully saturated rings. The zero-order chi connectivity index (χ0) is 11.0. The van der Waals surface area contributed by atoms with E-state index >= 15 is 0 Å². The van der Waals surface area contributed by atoms with Crippen LogP contribution in [0, 0.1) is 0 Å². The van der Waals surface area contributed by atoms with Crippen LogP contribution in [0.4, 0.5) is 5.82 Å². The molecule has 16 heavy (non-hydrogen) atoms. The third-order valence-electron chi connectivity index (χ3n) is 2.73. The average Bonchev–Trinajstić information content (AvgIpc) is 2.79. The van der Waals surface area contributed by atoms with Crippen molar-refractivity contribution in [1.29, 1.82) is 0 Å². The summed E-state index contributed by atoms with van der Waals surface area (Å²) >= 11 is 0. The second-order valence-corrected chi connectivity index (χ2v) is 3.78. The average molecular weight is 213 g/mol. The second-order valence-electron chi connectivity index (χ2n) is 3.78. The van der Waals surface area contributed by atoms with Gasteiger partial charge in [0, 0.05) is 23.7 Å². The lowest BCUT2D eigenvalue weighted by Crippen LogP contribution is -2.04. The first kappa shape index (κ1) is 9.21. The number of fused-ring (bicyclic) bond motifs is 1. The highest BCUT2D eigenvalue weighted by Crippen LogP contribution is 2.25. The number of aromatic nitrogens is 4. The van der Waals surface area contributed by atoms with Crippen LogP contribution in [0.15, 0.2) is 18.5 Å². The van der Waals surface area contributed by atoms with E-state index in [1.807, 2.05) is 0 Å². The van der Waals surface area contributed by atoms with Crippen molar-refractivity contribution in [2.45, 2.75) is 19.3 Å². The van der Waals surface area contributed by atoms with Crippen LogP contribution >= 0.6 is 0 Å². The van der Waals surface area contributed by atoms with Gasteiger partial charge in [0.25, 0.3) is 0 Å². The van der Waals surface area contributed by atoms with Crippen LogP contribution in [0.25, 0.3) is 11.6 Å². The van der Waals surface area contributed by atoms with Crippen LogP contribution < -0.4 is 5.73 Å². The van der Waals surface area contributed by atoms with E-state index in [1.165, 1.54) is 0 Å². The minimum atomic E-state index is 0.527. The summed E-state index contributed by atoms with van der Waals surface area (Å²) < 4.78 is 0. The Kier molecular flexibility index (Phi) is 2.02. The quantitative estimate of drug-likeness (QED) is 0.764. The Bertz CT molecular complexity index is 523. The Morgan fingerprint density at radius 3 is 2.62 bits per heavy atom. The third kappa shape index (κ3) is 1.41. The maximum Gasteiger partial charge on any atom is 0.199 e. The molecule has 5 nitrogen and oxygen atoms in total. The SMILES string of the molecule is Nc1nc(-c2ncccn2)nc2c1CCC2. The highest BCUT2D eigenvalue weighted by Gasteiger charge is 2.18. The van der Waals surface area contributed by atoms with Crippen LogP contribution in [0.5, 0.6) is 0 Å². The first-order valence-corrected chi connectivity index (χ1v) is 5.27. The maximum absolute atomic E-state index is 5.90. The van der Waals surface area contributed by atoms with E-state index in [0.29, 0.717) is 17.5 Å². The molecule has 0 radical (unpaired) electrons. The van der Waals surface area contributed by atoms with E-state index < -0.39 is 0 Å². The van der Waals surface area contributed by atoms with Gasteiger partial charge >= 0.3 is 0 Å². The van der Waals surface area contributed by atoms with Crippen LogP contribution in [0.2, 0.25) is 0 Å². The molecular formula is C11H11N5. The Hall–Kier alpha value is -2.04. The fraction of sp³-hybridized carbons (Fsp3) is 0.273. The normalized spacial score (nSPS) is 13.8. The summed E-state index contributed by atoms with van der Waals surface area (Å²) in [5, 5.41) is 0. The van der Waals surface area contributed by atoms with Gasteiger partial charge < -0.3 is 5.73 Å². The van der Waals surface area contributed by atoms with Gasteiger partial charge in [-0.3, -0.25) is 0 Å². The fourth-order valence-corrected chi connectivity index (χ4v) is 1.98. The predicted octanol–water partition coefficient (Wildman–Crippen LogP) is 1.00. The smallest absolute Gasteiger partial charge is 0.199 e. The van der Waals surface area contributed by atoms with Gasteiger partial charge in [-0.15, -0.1) is 0 Å². The molecule has 2 heterocycles. The van der Waals surface area contributed by atoms with E-state index in [0.717, 1.165) is 30.5 Å². The molecule has 0 aromatic carbocycles. The summed E-state index contributed by atoms with van der Waals surface area (Å²) in [4.78, 5) is 17.0. The zero-order valence-corrected chi connectivity index (χ0v) is 8.72. The minimum absolute atomic E-state index is 0.527. The van der Waals surface area contributed by atoms with Crippen LogP contribution in [0.1, 0.15) is 17.7 Å². The number of nitrogens with two attached hydrogens (primary N) is 1. The minimum Gasteiger partial charge on any atom is -0.383 e. The number of hydrogen-bond acceptors (Lipinski definition) is 5. The summed E-state index contributed by atoms with van der Waals surface area (Å²) in [6.45, 7) is 0. The van der Waals surface area contributed by atoms with Crippen LogP contribution in [-0.2, 0) is 12.8 Å². The Labute approximate surface area is 92.8 Å². The molecule has 1 aliphatic rings. The Morgan fingerprint density at radius 2 is 1.81 bits per heavy atom. The molecule has 0 aliphatic heterocycles. The molecule has 2 N–H and O–H groups in total. The van der Waals surface area contributed by atoms with Crippen LogP contribution in [0.3, 0.4) is 0 Å². The molecule has 2 aromatic heterocycles. The Balaban J connectivity index is 2.13. The lowest BCUT2D eigenvalue weighted by Gasteiger charge is -2.04. The Morgan fingerprint density at radius 1 is 1.00 bits per heavy atom. The number of nitrogens with zero attached hydrogens (tertiary/aromatic N) is 4. The first-order chi connectivity index (χ1) is 7.84.